The standard InChI is InChI=1S/C27H33N7OSSi/c1-27(2,3)37(5,6)35-12-11-28-22-13-20-14-23(8-9-24(20)29-16-22)36-26-32-31-25-10-7-19(18-34(25)26)21-15-30-33(4)17-21/h7-10,13-18,28H,11-12H2,1-6H3/q-1. The van der Waals surface area contributed by atoms with Gasteiger partial charge in [0.1, 0.15) is 0 Å². The first-order valence-corrected chi connectivity index (χ1v) is 16.1. The highest BCUT2D eigenvalue weighted by molar-refractivity contribution is 7.99. The molecule has 0 atom stereocenters. The van der Waals surface area contributed by atoms with Gasteiger partial charge in [-0.3, -0.25) is 14.1 Å². The smallest absolute Gasteiger partial charge is 0.200 e. The molecule has 0 amide bonds. The number of hydrogen-bond donors (Lipinski definition) is 1. The van der Waals surface area contributed by atoms with E-state index in [1.54, 1.807) is 16.4 Å². The molecule has 0 saturated carbocycles. The fraction of sp³-hybridized carbons (Fsp3) is 0.333. The van der Waals surface area contributed by atoms with E-state index in [9.17, 15) is 0 Å². The number of anilines is 1. The Morgan fingerprint density at radius 1 is 1.00 bits per heavy atom. The van der Waals surface area contributed by atoms with Gasteiger partial charge in [-0.15, -0.1) is 28.3 Å². The van der Waals surface area contributed by atoms with Crippen molar-refractivity contribution in [1.29, 1.82) is 0 Å². The fourth-order valence-electron chi connectivity index (χ4n) is 3.77. The van der Waals surface area contributed by atoms with Crippen molar-refractivity contribution in [3.8, 4) is 11.1 Å². The van der Waals surface area contributed by atoms with Crippen molar-refractivity contribution in [3.05, 3.63) is 61.2 Å². The molecule has 0 saturated heterocycles. The van der Waals surface area contributed by atoms with Crippen LogP contribution in [0.4, 0.5) is 5.69 Å². The lowest BCUT2D eigenvalue weighted by atomic mass is 10.2. The Labute approximate surface area is 222 Å². The highest BCUT2D eigenvalue weighted by atomic mass is 32.2. The summed E-state index contributed by atoms with van der Waals surface area (Å²) in [6, 6.07) is 12.4. The maximum Gasteiger partial charge on any atom is 0.200 e. The number of fused-ring (bicyclic) bond motifs is 2. The van der Waals surface area contributed by atoms with Crippen LogP contribution < -0.4 is 5.32 Å². The zero-order valence-corrected chi connectivity index (χ0v) is 24.0. The number of nitrogens with one attached hydrogen (secondary N) is 1. The summed E-state index contributed by atoms with van der Waals surface area (Å²) in [5, 5.41) is 18.6. The van der Waals surface area contributed by atoms with Crippen LogP contribution in [0.3, 0.4) is 0 Å². The summed E-state index contributed by atoms with van der Waals surface area (Å²) >= 11 is 1.58. The van der Waals surface area contributed by atoms with Crippen molar-refractivity contribution in [2.24, 2.45) is 7.05 Å². The van der Waals surface area contributed by atoms with Gasteiger partial charge in [-0.25, -0.2) is 0 Å². The summed E-state index contributed by atoms with van der Waals surface area (Å²) in [6.45, 7) is 12.8. The molecular weight excluding hydrogens is 498 g/mol. The van der Waals surface area contributed by atoms with Crippen LogP contribution in [-0.4, -0.2) is 50.8 Å². The Morgan fingerprint density at radius 2 is 1.84 bits per heavy atom. The van der Waals surface area contributed by atoms with E-state index in [4.69, 9.17) is 4.43 Å². The number of hydrogen-bond acceptors (Lipinski definition) is 7. The number of aromatic nitrogens is 6. The maximum absolute atomic E-state index is 6.29. The zero-order chi connectivity index (χ0) is 26.2. The Hall–Kier alpha value is -3.21. The van der Waals surface area contributed by atoms with E-state index in [2.05, 4.69) is 83.9 Å². The summed E-state index contributed by atoms with van der Waals surface area (Å²) in [6.07, 6.45) is 7.80. The lowest BCUT2D eigenvalue weighted by Crippen LogP contribution is -2.41. The summed E-state index contributed by atoms with van der Waals surface area (Å²) in [5.41, 5.74) is 4.88. The van der Waals surface area contributed by atoms with E-state index in [1.807, 2.05) is 48.2 Å². The van der Waals surface area contributed by atoms with Crippen LogP contribution in [0.25, 0.3) is 27.7 Å². The van der Waals surface area contributed by atoms with E-state index < -0.39 is 8.32 Å². The zero-order valence-electron chi connectivity index (χ0n) is 22.2. The molecule has 8 nitrogen and oxygen atoms in total. The SMILES string of the molecule is Cn1cc(-c2ccc3nnc(Sc4ccc5ncc(NCCO[Si-](C)(C)C(C)(C)C)cc5c4)n3c2)cn1. The second-order valence-corrected chi connectivity index (χ2v) is 16.6. The Balaban J connectivity index is 1.31. The van der Waals surface area contributed by atoms with Gasteiger partial charge in [0, 0.05) is 54.0 Å². The molecule has 0 spiro atoms. The van der Waals surface area contributed by atoms with Crippen molar-refractivity contribution in [3.63, 3.8) is 0 Å². The quantitative estimate of drug-likeness (QED) is 0.187. The van der Waals surface area contributed by atoms with Gasteiger partial charge in [-0.05, 0) is 56.5 Å². The van der Waals surface area contributed by atoms with Gasteiger partial charge in [0.2, 0.25) is 0 Å². The first-order chi connectivity index (χ1) is 17.6. The van der Waals surface area contributed by atoms with Crippen LogP contribution >= 0.6 is 11.8 Å². The van der Waals surface area contributed by atoms with Gasteiger partial charge in [0.25, 0.3) is 0 Å². The third-order valence-electron chi connectivity index (χ3n) is 6.97. The third-order valence-corrected chi connectivity index (χ3v) is 12.5. The largest absolute Gasteiger partial charge is 0.563 e. The molecule has 0 aliphatic rings. The Bertz CT molecular complexity index is 1550. The van der Waals surface area contributed by atoms with E-state index in [0.29, 0.717) is 6.61 Å². The maximum atomic E-state index is 6.29. The van der Waals surface area contributed by atoms with Crippen molar-refractivity contribution in [1.82, 2.24) is 29.4 Å². The van der Waals surface area contributed by atoms with Crippen molar-refractivity contribution in [2.75, 3.05) is 18.5 Å². The predicted molar refractivity (Wildman–Crippen MR) is 153 cm³/mol. The predicted octanol–water partition coefficient (Wildman–Crippen LogP) is 6.26. The van der Waals surface area contributed by atoms with E-state index >= 15 is 0 Å². The monoisotopic (exact) mass is 531 g/mol. The van der Waals surface area contributed by atoms with E-state index in [0.717, 1.165) is 50.0 Å². The molecule has 1 N–H and O–H groups in total. The van der Waals surface area contributed by atoms with Gasteiger partial charge < -0.3 is 9.74 Å². The number of nitrogens with zero attached hydrogens (tertiary/aromatic N) is 6. The molecule has 4 heterocycles. The van der Waals surface area contributed by atoms with E-state index in [1.165, 1.54) is 0 Å². The molecule has 193 valence electrons. The first kappa shape index (κ1) is 25.4. The highest BCUT2D eigenvalue weighted by Gasteiger charge is 2.24. The Kier molecular flexibility index (Phi) is 6.82. The molecule has 0 fully saturated rings. The molecule has 0 bridgehead atoms. The second-order valence-electron chi connectivity index (χ2n) is 10.7. The minimum Gasteiger partial charge on any atom is -0.563 e. The lowest BCUT2D eigenvalue weighted by Gasteiger charge is -2.48. The summed E-state index contributed by atoms with van der Waals surface area (Å²) in [5.74, 6) is 0. The summed E-state index contributed by atoms with van der Waals surface area (Å²) in [7, 11) is 0.175. The van der Waals surface area contributed by atoms with Gasteiger partial charge in [0.05, 0.1) is 23.6 Å². The number of benzene rings is 1. The van der Waals surface area contributed by atoms with Gasteiger partial charge in [-0.2, -0.15) is 5.10 Å². The molecular formula is C27H33N7OSSi-. The second kappa shape index (κ2) is 9.92. The number of rotatable bonds is 8. The van der Waals surface area contributed by atoms with Crippen LogP contribution in [0.15, 0.2) is 71.2 Å². The van der Waals surface area contributed by atoms with Gasteiger partial charge >= 0.3 is 0 Å². The number of pyridine rings is 2. The topological polar surface area (TPSA) is 82.2 Å². The Morgan fingerprint density at radius 3 is 2.59 bits per heavy atom. The third kappa shape index (κ3) is 5.56. The molecule has 4 aromatic heterocycles. The van der Waals surface area contributed by atoms with E-state index in [-0.39, 0.29) is 5.04 Å². The average Bonchev–Trinajstić information content (AvgIpc) is 3.46. The summed E-state index contributed by atoms with van der Waals surface area (Å²) in [4.78, 5) is 5.72. The van der Waals surface area contributed by atoms with Crippen LogP contribution in [0.1, 0.15) is 20.8 Å². The van der Waals surface area contributed by atoms with Crippen molar-refractivity contribution in [2.45, 2.75) is 49.0 Å². The van der Waals surface area contributed by atoms with Crippen LogP contribution in [-0.2, 0) is 11.5 Å². The van der Waals surface area contributed by atoms with Crippen molar-refractivity contribution >= 4 is 42.3 Å². The first-order valence-electron chi connectivity index (χ1n) is 12.4. The minimum atomic E-state index is -1.74. The molecule has 0 aliphatic carbocycles. The van der Waals surface area contributed by atoms with Crippen LogP contribution in [0, 0.1) is 0 Å². The molecule has 0 unspecified atom stereocenters. The number of aryl methyl sites for hydroxylation is 1. The van der Waals surface area contributed by atoms with Gasteiger partial charge in [-0.1, -0.05) is 20.8 Å². The van der Waals surface area contributed by atoms with Crippen molar-refractivity contribution < 1.29 is 4.43 Å². The highest BCUT2D eigenvalue weighted by Crippen LogP contribution is 2.36. The molecule has 1 aromatic carbocycles. The van der Waals surface area contributed by atoms with Gasteiger partial charge in [0.15, 0.2) is 10.8 Å². The van der Waals surface area contributed by atoms with Crippen LogP contribution in [0.5, 0.6) is 0 Å². The minimum absolute atomic E-state index is 0.210. The lowest BCUT2D eigenvalue weighted by molar-refractivity contribution is 0.301. The van der Waals surface area contributed by atoms with Crippen LogP contribution in [0.2, 0.25) is 18.1 Å². The average molecular weight is 532 g/mol. The normalized spacial score (nSPS) is 12.5. The molecule has 0 radical (unpaired) electrons. The fourth-order valence-corrected chi connectivity index (χ4v) is 5.68. The molecule has 5 rings (SSSR count). The molecule has 0 aliphatic heterocycles. The molecule has 37 heavy (non-hydrogen) atoms. The molecule has 5 aromatic rings. The summed E-state index contributed by atoms with van der Waals surface area (Å²) < 4.78 is 10.1. The molecule has 10 heteroatoms.